The third kappa shape index (κ3) is 2.49. The first-order valence-electron chi connectivity index (χ1n) is 5.51. The summed E-state index contributed by atoms with van der Waals surface area (Å²) in [5, 5.41) is 26.5. The van der Waals surface area contributed by atoms with Gasteiger partial charge < -0.3 is 20.2 Å². The zero-order valence-corrected chi connectivity index (χ0v) is 10.6. The third-order valence-corrected chi connectivity index (χ3v) is 5.26. The quantitative estimate of drug-likeness (QED) is 0.699. The van der Waals surface area contributed by atoms with Crippen LogP contribution in [0.15, 0.2) is 29.2 Å². The number of carboxylic acid groups (broad SMARTS) is 1. The molecule has 0 saturated carbocycles. The highest BCUT2D eigenvalue weighted by Gasteiger charge is 2.42. The van der Waals surface area contributed by atoms with Crippen molar-refractivity contribution < 1.29 is 28.5 Å². The maximum Gasteiger partial charge on any atom is 0.407 e. The molecule has 2 unspecified atom stereocenters. The van der Waals surface area contributed by atoms with E-state index in [1.54, 1.807) is 0 Å². The Balaban J connectivity index is 2.30. The van der Waals surface area contributed by atoms with Gasteiger partial charge in [-0.15, -0.1) is 0 Å². The maximum absolute atomic E-state index is 12.3. The molecule has 2 rings (SSSR count). The third-order valence-electron chi connectivity index (χ3n) is 3.07. The van der Waals surface area contributed by atoms with Gasteiger partial charge in [-0.2, -0.15) is 0 Å². The Hall–Kier alpha value is -1.80. The fourth-order valence-electron chi connectivity index (χ4n) is 2.03. The fraction of sp³-hybridized carbons (Fsp3) is 0.364. The molecule has 1 heterocycles. The average molecular weight is 287 g/mol. The molecule has 1 amide bonds. The minimum Gasteiger partial charge on any atom is -0.508 e. The van der Waals surface area contributed by atoms with E-state index in [0.717, 1.165) is 4.90 Å². The van der Waals surface area contributed by atoms with E-state index in [4.69, 9.17) is 10.2 Å². The molecule has 0 bridgehead atoms. The highest BCUT2D eigenvalue weighted by molar-refractivity contribution is 7.92. The van der Waals surface area contributed by atoms with Crippen molar-refractivity contribution in [2.75, 3.05) is 13.1 Å². The summed E-state index contributed by atoms with van der Waals surface area (Å²) in [5.41, 5.74) is 0. The number of hydrogen-bond donors (Lipinski definition) is 3. The molecule has 1 aliphatic rings. The number of aromatic hydroxyl groups is 1. The molecule has 0 aliphatic carbocycles. The van der Waals surface area contributed by atoms with Crippen LogP contribution in [0.1, 0.15) is 0 Å². The molecule has 3 N–H and O–H groups in total. The van der Waals surface area contributed by atoms with Crippen molar-refractivity contribution in [2.45, 2.75) is 16.2 Å². The molecular formula is C11H13NO6S. The summed E-state index contributed by atoms with van der Waals surface area (Å²) in [6.07, 6.45) is -2.52. The SMILES string of the molecule is O=C(O)N1CC(O)C(S(=O)(=O)c2ccc(O)cc2)C1. The van der Waals surface area contributed by atoms with E-state index in [9.17, 15) is 18.3 Å². The number of sulfone groups is 1. The van der Waals surface area contributed by atoms with Crippen LogP contribution in [0.4, 0.5) is 4.79 Å². The van der Waals surface area contributed by atoms with Gasteiger partial charge in [0.25, 0.3) is 0 Å². The van der Waals surface area contributed by atoms with E-state index in [1.807, 2.05) is 0 Å². The smallest absolute Gasteiger partial charge is 0.407 e. The van der Waals surface area contributed by atoms with Crippen LogP contribution < -0.4 is 0 Å². The number of hydrogen-bond acceptors (Lipinski definition) is 5. The Morgan fingerprint density at radius 2 is 1.79 bits per heavy atom. The number of likely N-dealkylation sites (tertiary alicyclic amines) is 1. The molecule has 7 nitrogen and oxygen atoms in total. The second kappa shape index (κ2) is 4.71. The van der Waals surface area contributed by atoms with Gasteiger partial charge >= 0.3 is 6.09 Å². The first-order valence-corrected chi connectivity index (χ1v) is 7.06. The lowest BCUT2D eigenvalue weighted by Crippen LogP contribution is -2.33. The van der Waals surface area contributed by atoms with Crippen molar-refractivity contribution in [3.63, 3.8) is 0 Å². The highest BCUT2D eigenvalue weighted by atomic mass is 32.2. The lowest BCUT2D eigenvalue weighted by molar-refractivity contribution is 0.140. The highest BCUT2D eigenvalue weighted by Crippen LogP contribution is 2.25. The monoisotopic (exact) mass is 287 g/mol. The maximum atomic E-state index is 12.3. The number of aliphatic hydroxyl groups is 1. The minimum absolute atomic E-state index is 0.0541. The van der Waals surface area contributed by atoms with Gasteiger partial charge in [0.15, 0.2) is 9.84 Å². The number of nitrogens with zero attached hydrogens (tertiary/aromatic N) is 1. The van der Waals surface area contributed by atoms with Crippen LogP contribution in [-0.2, 0) is 9.84 Å². The topological polar surface area (TPSA) is 115 Å². The minimum atomic E-state index is -3.84. The van der Waals surface area contributed by atoms with E-state index < -0.39 is 27.3 Å². The number of benzene rings is 1. The van der Waals surface area contributed by atoms with Crippen molar-refractivity contribution in [3.05, 3.63) is 24.3 Å². The summed E-state index contributed by atoms with van der Waals surface area (Å²) < 4.78 is 24.5. The summed E-state index contributed by atoms with van der Waals surface area (Å²) in [7, 11) is -3.84. The van der Waals surface area contributed by atoms with Crippen molar-refractivity contribution in [3.8, 4) is 5.75 Å². The molecule has 8 heteroatoms. The van der Waals surface area contributed by atoms with Crippen LogP contribution in [0.5, 0.6) is 5.75 Å². The Morgan fingerprint density at radius 3 is 2.26 bits per heavy atom. The molecule has 1 aromatic carbocycles. The first kappa shape index (κ1) is 13.6. The van der Waals surface area contributed by atoms with Gasteiger partial charge in [-0.05, 0) is 24.3 Å². The van der Waals surface area contributed by atoms with E-state index in [2.05, 4.69) is 0 Å². The van der Waals surface area contributed by atoms with E-state index in [0.29, 0.717) is 0 Å². The summed E-state index contributed by atoms with van der Waals surface area (Å²) in [6, 6.07) is 4.90. The second-order valence-electron chi connectivity index (χ2n) is 4.33. The summed E-state index contributed by atoms with van der Waals surface area (Å²) in [5.74, 6) is -0.0712. The number of phenols is 1. The van der Waals surface area contributed by atoms with Crippen LogP contribution in [0.2, 0.25) is 0 Å². The Bertz CT molecular complexity index is 582. The van der Waals surface area contributed by atoms with Gasteiger partial charge in [-0.3, -0.25) is 0 Å². The summed E-state index contributed by atoms with van der Waals surface area (Å²) in [6.45, 7) is -0.489. The standard InChI is InChI=1S/C11H13NO6S/c13-7-1-3-8(4-2-7)19(17,18)10-6-12(11(15)16)5-9(10)14/h1-4,9-10,13-14H,5-6H2,(H,15,16). The van der Waals surface area contributed by atoms with Gasteiger partial charge in [0.1, 0.15) is 11.0 Å². The molecule has 1 saturated heterocycles. The predicted octanol–water partition coefficient (Wildman–Crippen LogP) is -0.111. The average Bonchev–Trinajstić information content (AvgIpc) is 2.73. The van der Waals surface area contributed by atoms with Gasteiger partial charge in [0, 0.05) is 6.54 Å². The molecule has 2 atom stereocenters. The van der Waals surface area contributed by atoms with Gasteiger partial charge in [-0.1, -0.05) is 0 Å². The summed E-state index contributed by atoms with van der Waals surface area (Å²) >= 11 is 0. The van der Waals surface area contributed by atoms with Gasteiger partial charge in [0.05, 0.1) is 17.5 Å². The Labute approximate surface area is 109 Å². The lowest BCUT2D eigenvalue weighted by atomic mass is 10.3. The Morgan fingerprint density at radius 1 is 1.21 bits per heavy atom. The molecule has 1 fully saturated rings. The molecule has 1 aromatic rings. The van der Waals surface area contributed by atoms with Gasteiger partial charge in [-0.25, -0.2) is 13.2 Å². The molecule has 19 heavy (non-hydrogen) atoms. The lowest BCUT2D eigenvalue weighted by Gasteiger charge is -2.14. The van der Waals surface area contributed by atoms with Crippen LogP contribution in [0.3, 0.4) is 0 Å². The van der Waals surface area contributed by atoms with Crippen LogP contribution in [0, 0.1) is 0 Å². The van der Waals surface area contributed by atoms with Crippen molar-refractivity contribution in [2.24, 2.45) is 0 Å². The van der Waals surface area contributed by atoms with Crippen molar-refractivity contribution >= 4 is 15.9 Å². The molecule has 1 aliphatic heterocycles. The largest absolute Gasteiger partial charge is 0.508 e. The molecular weight excluding hydrogens is 274 g/mol. The molecule has 0 spiro atoms. The van der Waals surface area contributed by atoms with Crippen LogP contribution in [0.25, 0.3) is 0 Å². The molecule has 0 aromatic heterocycles. The zero-order chi connectivity index (χ0) is 14.2. The molecule has 0 radical (unpaired) electrons. The fourth-order valence-corrected chi connectivity index (χ4v) is 3.77. The number of rotatable bonds is 2. The van der Waals surface area contributed by atoms with Gasteiger partial charge in [0.2, 0.25) is 0 Å². The molecule has 104 valence electrons. The van der Waals surface area contributed by atoms with Crippen LogP contribution in [-0.4, -0.2) is 59.2 Å². The number of carbonyl (C=O) groups is 1. The van der Waals surface area contributed by atoms with Crippen molar-refractivity contribution in [1.29, 1.82) is 0 Å². The Kier molecular flexibility index (Phi) is 3.38. The van der Waals surface area contributed by atoms with E-state index in [-0.39, 0.29) is 23.7 Å². The predicted molar refractivity (Wildman–Crippen MR) is 64.7 cm³/mol. The zero-order valence-electron chi connectivity index (χ0n) is 9.80. The van der Waals surface area contributed by atoms with Crippen molar-refractivity contribution in [1.82, 2.24) is 4.90 Å². The number of aliphatic hydroxyl groups excluding tert-OH is 1. The van der Waals surface area contributed by atoms with E-state index >= 15 is 0 Å². The summed E-state index contributed by atoms with van der Waals surface area (Å²) in [4.78, 5) is 11.6. The number of phenolic OH excluding ortho intramolecular Hbond substituents is 1. The normalized spacial score (nSPS) is 23.5. The van der Waals surface area contributed by atoms with Crippen LogP contribution >= 0.6 is 0 Å². The number of β-amino-alcohol motifs (C(OH)–C–C–N with tert-alkyl or cyclic N) is 1. The number of amides is 1. The second-order valence-corrected chi connectivity index (χ2v) is 6.50. The van der Waals surface area contributed by atoms with E-state index in [1.165, 1.54) is 24.3 Å². The first-order chi connectivity index (χ1) is 8.82.